The average Bonchev–Trinajstić information content (AvgIpc) is 1.56. The molecule has 19 heteroatoms. The van der Waals surface area contributed by atoms with Crippen molar-refractivity contribution in [2.24, 2.45) is 22.9 Å². The molecule has 16 rings (SSSR count). The zero-order valence-corrected chi connectivity index (χ0v) is 69.8. The molecule has 12 aromatic carbocycles. The van der Waals surface area contributed by atoms with Crippen LogP contribution in [0.4, 0.5) is 13.2 Å². The Kier molecular flexibility index (Phi) is 30.1. The number of benzene rings is 12. The molecule has 0 spiro atoms. The third kappa shape index (κ3) is 22.3. The minimum atomic E-state index is -0.450. The van der Waals surface area contributed by atoms with Gasteiger partial charge in [0.25, 0.3) is 0 Å². The molecule has 0 radical (unpaired) electrons. The third-order valence-electron chi connectivity index (χ3n) is 20.9. The fourth-order valence-corrected chi connectivity index (χ4v) is 14.9. The summed E-state index contributed by atoms with van der Waals surface area (Å²) in [6.45, 7) is 14.6. The summed E-state index contributed by atoms with van der Waals surface area (Å²) >= 11 is 0. The molecule has 4 heterocycles. The van der Waals surface area contributed by atoms with Gasteiger partial charge in [0.15, 0.2) is 0 Å². The number of rotatable bonds is 29. The number of carbonyl (C=O) groups excluding carboxylic acids is 4. The Morgan fingerprint density at radius 2 is 0.774 bits per heavy atom. The van der Waals surface area contributed by atoms with Crippen LogP contribution in [0.1, 0.15) is 126 Å². The zero-order chi connectivity index (χ0) is 86.8. The normalized spacial score (nSPS) is 11.0. The van der Waals surface area contributed by atoms with E-state index in [0.29, 0.717) is 102 Å². The van der Waals surface area contributed by atoms with Gasteiger partial charge in [-0.1, -0.05) is 136 Å². The smallest absolute Gasteiger partial charge is 0.144 e. The van der Waals surface area contributed by atoms with Crippen molar-refractivity contribution < 1.29 is 69.0 Å². The molecule has 0 saturated heterocycles. The van der Waals surface area contributed by atoms with Crippen LogP contribution in [-0.4, -0.2) is 23.1 Å². The fourth-order valence-electron chi connectivity index (χ4n) is 14.9. The number of ether oxygens (including phenoxy) is 4. The molecule has 0 aliphatic rings. The molecule has 0 aliphatic heterocycles. The van der Waals surface area contributed by atoms with Gasteiger partial charge in [-0.05, 0) is 218 Å². The summed E-state index contributed by atoms with van der Waals surface area (Å²) in [5.41, 5.74) is 44.9. The first-order chi connectivity index (χ1) is 59.5. The topological polar surface area (TPSA) is 262 Å². The molecule has 16 aromatic rings. The molecule has 124 heavy (non-hydrogen) atoms. The number of fused-ring (bicyclic) bond motifs is 4. The van der Waals surface area contributed by atoms with E-state index in [-0.39, 0.29) is 69.0 Å². The van der Waals surface area contributed by atoms with Gasteiger partial charge in [-0.25, -0.2) is 13.2 Å². The van der Waals surface area contributed by atoms with E-state index in [0.717, 1.165) is 140 Å². The predicted octanol–water partition coefficient (Wildman–Crippen LogP) is 23.3. The van der Waals surface area contributed by atoms with Crippen molar-refractivity contribution in [2.45, 2.75) is 141 Å². The summed E-state index contributed by atoms with van der Waals surface area (Å²) in [5, 5.41) is 3.26. The summed E-state index contributed by atoms with van der Waals surface area (Å²) in [5.74, 6) is 2.29. The zero-order valence-electron chi connectivity index (χ0n) is 69.8. The number of ketones is 4. The Labute approximate surface area is 719 Å². The number of furan rings is 4. The Hall–Kier alpha value is -13.7. The van der Waals surface area contributed by atoms with E-state index in [1.54, 1.807) is 74.9 Å². The summed E-state index contributed by atoms with van der Waals surface area (Å²) in [4.78, 5) is 46.4. The Balaban J connectivity index is 0.000000150. The SMILES string of the molecule is C.CC(=O)Cc1ccc(C)cc1OCc1cc(-c2cccc(CN)c2)c2occc2c1F.CC(=O)Cc1ccc(F)cc1OCc1cc(-c2cccc(CN)c2F)c2occc2c1.CC(=O)Cc1ccccc1OCc1cc(-c2cccc(CN)c2)c2oc(C)cc2c1.CCc1ccc(CC(C)=O)c(OCc2cc(-c3cccc(CN)c3)c3occc3c2)c1. The molecule has 0 atom stereocenters. The first-order valence-corrected chi connectivity index (χ1v) is 40.7. The lowest BCUT2D eigenvalue weighted by Gasteiger charge is -2.14. The van der Waals surface area contributed by atoms with Gasteiger partial charge in [-0.3, -0.25) is 19.2 Å². The lowest BCUT2D eigenvalue weighted by Crippen LogP contribution is -2.04. The molecule has 8 N–H and O–H groups in total. The van der Waals surface area contributed by atoms with Crippen molar-refractivity contribution in [1.82, 2.24) is 0 Å². The second kappa shape index (κ2) is 41.7. The van der Waals surface area contributed by atoms with E-state index in [1.807, 2.05) is 135 Å². The van der Waals surface area contributed by atoms with Crippen LogP contribution in [0, 0.1) is 31.3 Å². The highest BCUT2D eigenvalue weighted by Gasteiger charge is 2.22. The van der Waals surface area contributed by atoms with Gasteiger partial charge in [0, 0.05) is 135 Å². The van der Waals surface area contributed by atoms with Crippen LogP contribution in [0.3, 0.4) is 0 Å². The maximum Gasteiger partial charge on any atom is 0.144 e. The summed E-state index contributed by atoms with van der Waals surface area (Å²) in [6, 6.07) is 74.1. The monoisotopic (exact) mass is 1670 g/mol. The van der Waals surface area contributed by atoms with Gasteiger partial charge in [0.1, 0.15) is 118 Å². The minimum absolute atomic E-state index is 0. The average molecular weight is 1670 g/mol. The van der Waals surface area contributed by atoms with Crippen molar-refractivity contribution in [2.75, 3.05) is 0 Å². The molecule has 0 bridgehead atoms. The van der Waals surface area contributed by atoms with E-state index in [9.17, 15) is 28.0 Å². The van der Waals surface area contributed by atoms with Crippen LogP contribution in [0.15, 0.2) is 273 Å². The van der Waals surface area contributed by atoms with Crippen LogP contribution in [-0.2, 0) is 104 Å². The number of nitrogens with two attached hydrogens (primary N) is 4. The number of aryl methyl sites for hydroxylation is 3. The summed E-state index contributed by atoms with van der Waals surface area (Å²) in [7, 11) is 0. The molecule has 4 aromatic heterocycles. The first-order valence-electron chi connectivity index (χ1n) is 40.7. The van der Waals surface area contributed by atoms with E-state index < -0.39 is 11.6 Å². The van der Waals surface area contributed by atoms with Crippen molar-refractivity contribution >= 4 is 67.0 Å². The van der Waals surface area contributed by atoms with E-state index >= 15 is 4.39 Å². The molecule has 634 valence electrons. The quantitative estimate of drug-likeness (QED) is 0.0340. The number of carbonyl (C=O) groups is 4. The third-order valence-corrected chi connectivity index (χ3v) is 20.9. The summed E-state index contributed by atoms with van der Waals surface area (Å²) < 4.78 is 91.1. The number of hydrogen-bond acceptors (Lipinski definition) is 16. The molecule has 0 unspecified atom stereocenters. The number of Topliss-reactive ketones (excluding diaryl/α,β-unsaturated/α-hetero) is 4. The van der Waals surface area contributed by atoms with Gasteiger partial charge < -0.3 is 59.6 Å². The van der Waals surface area contributed by atoms with Crippen LogP contribution >= 0.6 is 0 Å². The van der Waals surface area contributed by atoms with Gasteiger partial charge in [0.2, 0.25) is 0 Å². The molecule has 0 fully saturated rings. The van der Waals surface area contributed by atoms with Crippen molar-refractivity contribution in [3.8, 4) is 67.5 Å². The Morgan fingerprint density at radius 1 is 0.331 bits per heavy atom. The predicted molar refractivity (Wildman–Crippen MR) is 484 cm³/mol. The molecular formula is C105H101F3N4O12. The lowest BCUT2D eigenvalue weighted by molar-refractivity contribution is -0.117. The van der Waals surface area contributed by atoms with Crippen molar-refractivity contribution in [3.63, 3.8) is 0 Å². The largest absolute Gasteiger partial charge is 0.489 e. The Bertz CT molecular complexity index is 6510. The highest BCUT2D eigenvalue weighted by molar-refractivity contribution is 5.97. The van der Waals surface area contributed by atoms with Gasteiger partial charge in [-0.15, -0.1) is 0 Å². The van der Waals surface area contributed by atoms with Gasteiger partial charge in [-0.2, -0.15) is 0 Å². The van der Waals surface area contributed by atoms with E-state index in [2.05, 4.69) is 61.5 Å². The number of halogens is 3. The van der Waals surface area contributed by atoms with Crippen LogP contribution < -0.4 is 41.9 Å². The maximum atomic E-state index is 15.2. The first kappa shape index (κ1) is 89.6. The number of para-hydroxylation sites is 1. The van der Waals surface area contributed by atoms with Gasteiger partial charge >= 0.3 is 0 Å². The number of hydrogen-bond donors (Lipinski definition) is 4. The Morgan fingerprint density at radius 3 is 1.32 bits per heavy atom. The van der Waals surface area contributed by atoms with Crippen LogP contribution in [0.5, 0.6) is 23.0 Å². The van der Waals surface area contributed by atoms with E-state index in [1.165, 1.54) is 37.8 Å². The van der Waals surface area contributed by atoms with Crippen molar-refractivity contribution in [3.05, 3.63) is 356 Å². The summed E-state index contributed by atoms with van der Waals surface area (Å²) in [6.07, 6.45) is 6.82. The van der Waals surface area contributed by atoms with Crippen LogP contribution in [0.25, 0.3) is 88.4 Å². The van der Waals surface area contributed by atoms with Crippen molar-refractivity contribution in [1.29, 1.82) is 0 Å². The molecule has 0 saturated carbocycles. The molecule has 16 nitrogen and oxygen atoms in total. The highest BCUT2D eigenvalue weighted by Crippen LogP contribution is 2.40. The van der Waals surface area contributed by atoms with Crippen LogP contribution in [0.2, 0.25) is 0 Å². The lowest BCUT2D eigenvalue weighted by atomic mass is 9.98. The molecular weight excluding hydrogens is 1570 g/mol. The fraction of sp³-hybridized carbons (Fsp3) is 0.200. The second-order valence-electron chi connectivity index (χ2n) is 30.6. The van der Waals surface area contributed by atoms with E-state index in [4.69, 9.17) is 59.6 Å². The molecule has 0 amide bonds. The highest BCUT2D eigenvalue weighted by atomic mass is 19.1. The maximum absolute atomic E-state index is 15.2. The standard InChI is InChI=1S/C27H27NO3.C26H24FNO3.C26H25NO3.C25H21F2NO3.CH4/c1-3-19-7-8-23(11-18(2)29)26(15-19)31-17-21-13-24-9-10-30-27(24)25(14-21)22-6-4-5-20(12-22)16-28;1-16-6-7-20(11-17(2)29)24(10-16)31-15-21-13-23(19-5-3-4-18(12-19)14-28)26-22(25(21)27)8-9-30-26;1-17(28)10-22-7-3-4-9-25(22)29-16-20-13-23-11-18(2)30-26(23)24(14-20)21-8-5-6-19(12-21)15-27;1-15(29)9-17-5-6-20(26)12-23(17)31-14-16-10-18-7-8-30-25(18)22(11-16)21-4-2-3-19(13-28)24(21)27;/h4-10,12-15H,3,11,16-17,28H2,1-2H3;3-10,12-13H,11,14-15,28H2,1-2H3;3-9,11-14H,10,15-16,27H2,1-2H3;2-8,10-12H,9,13-14,28H2,1H3;1H4. The second-order valence-corrected chi connectivity index (χ2v) is 30.6. The van der Waals surface area contributed by atoms with Gasteiger partial charge in [0.05, 0.1) is 24.2 Å². The molecule has 0 aliphatic carbocycles. The minimum Gasteiger partial charge on any atom is -0.489 e.